The Kier molecular flexibility index (Phi) is 11.0. The number of amides is 1. The monoisotopic (exact) mass is 519 g/mol. The largest absolute Gasteiger partial charge is 0.392 e. The van der Waals surface area contributed by atoms with Crippen LogP contribution in [0.3, 0.4) is 0 Å². The van der Waals surface area contributed by atoms with E-state index in [0.717, 1.165) is 49.8 Å². The summed E-state index contributed by atoms with van der Waals surface area (Å²) >= 11 is 0. The average molecular weight is 520 g/mol. The normalized spacial score (nSPS) is 24.3. The van der Waals surface area contributed by atoms with Gasteiger partial charge in [-0.1, -0.05) is 81.1 Å². The van der Waals surface area contributed by atoms with Gasteiger partial charge in [-0.25, -0.2) is 0 Å². The second kappa shape index (κ2) is 14.6. The summed E-state index contributed by atoms with van der Waals surface area (Å²) in [6.45, 7) is 3.31. The molecule has 0 aromatic heterocycles. The van der Waals surface area contributed by atoms with Gasteiger partial charge in [0.1, 0.15) is 12.4 Å². The van der Waals surface area contributed by atoms with Gasteiger partial charge in [0.05, 0.1) is 12.6 Å². The molecular weight excluding hydrogens is 474 g/mol. The molecule has 4 rings (SSSR count). The van der Waals surface area contributed by atoms with E-state index in [4.69, 9.17) is 4.74 Å². The molecule has 0 bridgehead atoms. The molecule has 0 heterocycles. The van der Waals surface area contributed by atoms with Gasteiger partial charge in [0.2, 0.25) is 0 Å². The molecule has 5 heteroatoms. The minimum atomic E-state index is -0.462. The van der Waals surface area contributed by atoms with Crippen molar-refractivity contribution in [2.45, 2.75) is 83.8 Å². The van der Waals surface area contributed by atoms with Crippen molar-refractivity contribution in [3.05, 3.63) is 66.2 Å². The third kappa shape index (κ3) is 7.77. The number of Topliss-reactive ketones (excluding diaryl/α,β-unsaturated/α-hetero) is 1. The third-order valence-corrected chi connectivity index (χ3v) is 8.61. The predicted molar refractivity (Wildman–Crippen MR) is 152 cm³/mol. The van der Waals surface area contributed by atoms with Crippen molar-refractivity contribution in [3.8, 4) is 0 Å². The number of carbonyl (C=O) groups excluding carboxylic acids is 2. The van der Waals surface area contributed by atoms with E-state index >= 15 is 0 Å². The van der Waals surface area contributed by atoms with Crippen LogP contribution < -0.4 is 4.90 Å². The summed E-state index contributed by atoms with van der Waals surface area (Å²) in [5.74, 6) is 1.34. The van der Waals surface area contributed by atoms with Crippen molar-refractivity contribution in [1.82, 2.24) is 0 Å². The van der Waals surface area contributed by atoms with Crippen LogP contribution in [0.25, 0.3) is 0 Å². The Labute approximate surface area is 228 Å². The van der Waals surface area contributed by atoms with Crippen molar-refractivity contribution < 1.29 is 19.4 Å². The first-order chi connectivity index (χ1) is 18.6. The molecule has 2 aromatic rings. The van der Waals surface area contributed by atoms with Crippen LogP contribution in [0.5, 0.6) is 0 Å². The Hall–Kier alpha value is -2.50. The van der Waals surface area contributed by atoms with E-state index < -0.39 is 6.10 Å². The number of carbonyl (C=O) groups is 2. The number of fused-ring (bicyclic) bond motifs is 1. The maximum Gasteiger partial charge on any atom is 0.253 e. The van der Waals surface area contributed by atoms with E-state index in [1.165, 1.54) is 19.3 Å². The molecule has 5 nitrogen and oxygen atoms in total. The maximum atomic E-state index is 13.1. The Morgan fingerprint density at radius 2 is 1.63 bits per heavy atom. The van der Waals surface area contributed by atoms with Crippen LogP contribution in [0.1, 0.15) is 76.7 Å². The summed E-state index contributed by atoms with van der Waals surface area (Å²) in [5, 5.41) is 10.6. The zero-order chi connectivity index (χ0) is 26.7. The van der Waals surface area contributed by atoms with E-state index in [2.05, 4.69) is 6.92 Å². The number of anilines is 1. The number of hydrogen-bond donors (Lipinski definition) is 1. The van der Waals surface area contributed by atoms with Crippen molar-refractivity contribution in [2.24, 2.45) is 23.7 Å². The molecule has 2 fully saturated rings. The second-order valence-electron chi connectivity index (χ2n) is 11.4. The van der Waals surface area contributed by atoms with Crippen molar-refractivity contribution in [2.75, 3.05) is 18.1 Å². The van der Waals surface area contributed by atoms with E-state index in [1.807, 2.05) is 60.7 Å². The van der Waals surface area contributed by atoms with Gasteiger partial charge in [-0.05, 0) is 67.6 Å². The maximum absolute atomic E-state index is 13.1. The highest BCUT2D eigenvalue weighted by atomic mass is 16.5. The summed E-state index contributed by atoms with van der Waals surface area (Å²) in [7, 11) is 0. The van der Waals surface area contributed by atoms with Crippen LogP contribution in [0.4, 0.5) is 5.69 Å². The quantitative estimate of drug-likeness (QED) is 0.270. The number of ether oxygens (including phenoxy) is 1. The smallest absolute Gasteiger partial charge is 0.253 e. The molecule has 2 aliphatic carbocycles. The highest BCUT2D eigenvalue weighted by Gasteiger charge is 2.50. The van der Waals surface area contributed by atoms with E-state index in [-0.39, 0.29) is 24.2 Å². The van der Waals surface area contributed by atoms with Gasteiger partial charge in [-0.15, -0.1) is 0 Å². The predicted octanol–water partition coefficient (Wildman–Crippen LogP) is 6.58. The fourth-order valence-corrected chi connectivity index (χ4v) is 6.67. The number of benzene rings is 2. The van der Waals surface area contributed by atoms with Gasteiger partial charge >= 0.3 is 0 Å². The molecule has 38 heavy (non-hydrogen) atoms. The first kappa shape index (κ1) is 28.5. The molecule has 2 saturated carbocycles. The van der Waals surface area contributed by atoms with Gasteiger partial charge in [-0.2, -0.15) is 0 Å². The zero-order valence-corrected chi connectivity index (χ0v) is 23.0. The summed E-state index contributed by atoms with van der Waals surface area (Å²) in [6.07, 6.45) is 9.58. The summed E-state index contributed by atoms with van der Waals surface area (Å²) < 4.78 is 5.89. The summed E-state index contributed by atoms with van der Waals surface area (Å²) in [6, 6.07) is 19.8. The first-order valence-electron chi connectivity index (χ1n) is 14.7. The standard InChI is InChI=1S/C33H45NO4/c1-2-3-4-5-12-17-30(35)33-29-21-26(20-27(29)22-31(33)36)18-19-38-24-32(37)34(28-15-10-7-11-16-28)23-25-13-8-6-9-14-25/h6-11,13-16,26-27,29,31,33,36H,2-5,12,17-24H2,1H3/t26-,27-,29+,31+,33-/m0/s1. The Morgan fingerprint density at radius 3 is 2.37 bits per heavy atom. The molecule has 0 spiro atoms. The highest BCUT2D eigenvalue weighted by molar-refractivity contribution is 5.94. The molecule has 0 aliphatic heterocycles. The number of nitrogens with zero attached hydrogens (tertiary/aromatic N) is 1. The fraction of sp³-hybridized carbons (Fsp3) is 0.576. The van der Waals surface area contributed by atoms with Crippen molar-refractivity contribution in [1.29, 1.82) is 0 Å². The van der Waals surface area contributed by atoms with Gasteiger partial charge in [0.25, 0.3) is 5.91 Å². The molecular formula is C33H45NO4. The number of rotatable bonds is 15. The van der Waals surface area contributed by atoms with E-state index in [9.17, 15) is 14.7 Å². The van der Waals surface area contributed by atoms with E-state index in [0.29, 0.717) is 37.3 Å². The number of ketones is 1. The molecule has 1 N–H and O–H groups in total. The third-order valence-electron chi connectivity index (χ3n) is 8.61. The summed E-state index contributed by atoms with van der Waals surface area (Å²) in [5.41, 5.74) is 1.95. The van der Waals surface area contributed by atoms with Crippen LogP contribution in [0.15, 0.2) is 60.7 Å². The minimum absolute atomic E-state index is 0.0453. The molecule has 0 saturated heterocycles. The number of aliphatic hydroxyl groups excluding tert-OH is 1. The van der Waals surface area contributed by atoms with Gasteiger partial charge in [0.15, 0.2) is 0 Å². The Morgan fingerprint density at radius 1 is 0.921 bits per heavy atom. The first-order valence-corrected chi connectivity index (χ1v) is 14.7. The molecule has 0 unspecified atom stereocenters. The lowest BCUT2D eigenvalue weighted by Crippen LogP contribution is -2.33. The molecule has 2 aliphatic rings. The lowest BCUT2D eigenvalue weighted by atomic mass is 9.85. The number of para-hydroxylation sites is 1. The van der Waals surface area contributed by atoms with Gasteiger partial charge in [-0.3, -0.25) is 9.59 Å². The average Bonchev–Trinajstić information content (AvgIpc) is 3.46. The molecule has 2 aromatic carbocycles. The highest BCUT2D eigenvalue weighted by Crippen LogP contribution is 2.51. The molecule has 5 atom stereocenters. The number of unbranched alkanes of at least 4 members (excludes halogenated alkanes) is 4. The van der Waals surface area contributed by atoms with Gasteiger partial charge in [0, 0.05) is 24.6 Å². The fourth-order valence-electron chi connectivity index (χ4n) is 6.67. The van der Waals surface area contributed by atoms with Crippen LogP contribution in [0, 0.1) is 23.7 Å². The SMILES string of the molecule is CCCCCCCC(=O)[C@@H]1[C@@H]2C[C@@H](CCOCC(=O)N(Cc3ccccc3)c3ccccc3)C[C@H]2C[C@H]1O. The molecule has 206 valence electrons. The summed E-state index contributed by atoms with van der Waals surface area (Å²) in [4.78, 5) is 27.9. The second-order valence-corrected chi connectivity index (χ2v) is 11.4. The van der Waals surface area contributed by atoms with Crippen LogP contribution >= 0.6 is 0 Å². The minimum Gasteiger partial charge on any atom is -0.392 e. The zero-order valence-electron chi connectivity index (χ0n) is 23.0. The van der Waals surface area contributed by atoms with Crippen molar-refractivity contribution >= 4 is 17.4 Å². The van der Waals surface area contributed by atoms with Crippen LogP contribution in [-0.4, -0.2) is 36.1 Å². The lowest BCUT2D eigenvalue weighted by molar-refractivity contribution is -0.127. The Balaban J connectivity index is 1.22. The number of aliphatic hydroxyl groups is 1. The lowest BCUT2D eigenvalue weighted by Gasteiger charge is -2.23. The van der Waals surface area contributed by atoms with Crippen LogP contribution in [0.2, 0.25) is 0 Å². The molecule has 0 radical (unpaired) electrons. The van der Waals surface area contributed by atoms with E-state index in [1.54, 1.807) is 4.90 Å². The number of hydrogen-bond acceptors (Lipinski definition) is 4. The topological polar surface area (TPSA) is 66.8 Å². The molecule has 1 amide bonds. The van der Waals surface area contributed by atoms with Gasteiger partial charge < -0.3 is 14.7 Å². The van der Waals surface area contributed by atoms with Crippen molar-refractivity contribution in [3.63, 3.8) is 0 Å². The Bertz CT molecular complexity index is 995. The van der Waals surface area contributed by atoms with Crippen LogP contribution in [-0.2, 0) is 20.9 Å².